The Kier molecular flexibility index (Phi) is 3.66. The minimum Gasteiger partial charge on any atom is -0.351 e. The highest BCUT2D eigenvalue weighted by molar-refractivity contribution is 5.89. The first-order chi connectivity index (χ1) is 8.83. The molecule has 0 atom stereocenters. The monoisotopic (exact) mass is 263 g/mol. The van der Waals surface area contributed by atoms with Crippen LogP contribution in [0.15, 0.2) is 24.3 Å². The van der Waals surface area contributed by atoms with Gasteiger partial charge in [-0.15, -0.1) is 0 Å². The van der Waals surface area contributed by atoms with Crippen molar-refractivity contribution in [3.63, 3.8) is 0 Å². The number of carbonyl (C=O) groups is 1. The van der Waals surface area contributed by atoms with Gasteiger partial charge in [0.25, 0.3) is 0 Å². The van der Waals surface area contributed by atoms with E-state index in [0.717, 1.165) is 31.2 Å². The van der Waals surface area contributed by atoms with E-state index < -0.39 is 5.41 Å². The molecule has 0 aliphatic heterocycles. The fourth-order valence-electron chi connectivity index (χ4n) is 2.85. The van der Waals surface area contributed by atoms with E-state index in [0.29, 0.717) is 0 Å². The molecule has 0 radical (unpaired) electrons. The van der Waals surface area contributed by atoms with E-state index in [1.54, 1.807) is 12.1 Å². The van der Waals surface area contributed by atoms with Crippen molar-refractivity contribution in [3.05, 3.63) is 35.6 Å². The van der Waals surface area contributed by atoms with E-state index in [1.165, 1.54) is 12.1 Å². The van der Waals surface area contributed by atoms with Crippen LogP contribution in [0.2, 0.25) is 0 Å². The van der Waals surface area contributed by atoms with Crippen LogP contribution in [0.3, 0.4) is 0 Å². The number of benzene rings is 1. The molecule has 1 fully saturated rings. The van der Waals surface area contributed by atoms with Gasteiger partial charge < -0.3 is 5.32 Å². The summed E-state index contributed by atoms with van der Waals surface area (Å²) in [6.45, 7) is 5.95. The van der Waals surface area contributed by atoms with Gasteiger partial charge in [0.2, 0.25) is 5.91 Å². The summed E-state index contributed by atoms with van der Waals surface area (Å²) in [7, 11) is 0. The van der Waals surface area contributed by atoms with Crippen molar-refractivity contribution in [3.8, 4) is 0 Å². The lowest BCUT2D eigenvalue weighted by atomic mass is 9.77. The summed E-state index contributed by atoms with van der Waals surface area (Å²) < 4.78 is 13.1. The summed E-state index contributed by atoms with van der Waals surface area (Å²) in [5, 5.41) is 3.08. The Balaban J connectivity index is 2.33. The highest BCUT2D eigenvalue weighted by Gasteiger charge is 2.43. The molecule has 0 bridgehead atoms. The van der Waals surface area contributed by atoms with Gasteiger partial charge in [-0.05, 0) is 51.3 Å². The molecular weight excluding hydrogens is 241 g/mol. The van der Waals surface area contributed by atoms with Gasteiger partial charge in [-0.2, -0.15) is 0 Å². The molecule has 0 aromatic heterocycles. The molecule has 19 heavy (non-hydrogen) atoms. The van der Waals surface area contributed by atoms with Gasteiger partial charge in [-0.1, -0.05) is 25.0 Å². The van der Waals surface area contributed by atoms with Crippen molar-refractivity contribution < 1.29 is 9.18 Å². The van der Waals surface area contributed by atoms with Gasteiger partial charge in [0.1, 0.15) is 5.82 Å². The van der Waals surface area contributed by atoms with Crippen LogP contribution in [0.5, 0.6) is 0 Å². The second kappa shape index (κ2) is 4.95. The number of hydrogen-bond donors (Lipinski definition) is 1. The van der Waals surface area contributed by atoms with Gasteiger partial charge in [-0.25, -0.2) is 4.39 Å². The minimum absolute atomic E-state index is 0.0732. The molecule has 0 heterocycles. The molecule has 1 aromatic carbocycles. The number of nitrogens with one attached hydrogen (secondary N) is 1. The Morgan fingerprint density at radius 2 is 1.68 bits per heavy atom. The van der Waals surface area contributed by atoms with E-state index in [-0.39, 0.29) is 17.3 Å². The average Bonchev–Trinajstić information content (AvgIpc) is 2.78. The number of hydrogen-bond acceptors (Lipinski definition) is 1. The van der Waals surface area contributed by atoms with E-state index in [4.69, 9.17) is 0 Å². The first-order valence-corrected chi connectivity index (χ1v) is 6.92. The maximum Gasteiger partial charge on any atom is 0.231 e. The van der Waals surface area contributed by atoms with E-state index in [9.17, 15) is 9.18 Å². The maximum absolute atomic E-state index is 13.1. The van der Waals surface area contributed by atoms with Crippen LogP contribution < -0.4 is 5.32 Å². The molecule has 2 nitrogen and oxygen atoms in total. The Hall–Kier alpha value is -1.38. The molecule has 0 unspecified atom stereocenters. The summed E-state index contributed by atoms with van der Waals surface area (Å²) in [6, 6.07) is 6.39. The fourth-order valence-corrected chi connectivity index (χ4v) is 2.85. The van der Waals surface area contributed by atoms with E-state index in [2.05, 4.69) is 5.32 Å². The number of rotatable bonds is 2. The van der Waals surface area contributed by atoms with E-state index >= 15 is 0 Å². The van der Waals surface area contributed by atoms with Crippen LogP contribution in [0.4, 0.5) is 4.39 Å². The fraction of sp³-hybridized carbons (Fsp3) is 0.562. The van der Waals surface area contributed by atoms with Gasteiger partial charge in [-0.3, -0.25) is 4.79 Å². The lowest BCUT2D eigenvalue weighted by Gasteiger charge is -2.32. The van der Waals surface area contributed by atoms with Crippen LogP contribution in [0, 0.1) is 5.82 Å². The molecule has 1 aliphatic carbocycles. The number of amides is 1. The molecule has 1 amide bonds. The first-order valence-electron chi connectivity index (χ1n) is 6.92. The maximum atomic E-state index is 13.1. The third-order valence-corrected chi connectivity index (χ3v) is 3.78. The Morgan fingerprint density at radius 3 is 2.16 bits per heavy atom. The zero-order valence-electron chi connectivity index (χ0n) is 11.9. The van der Waals surface area contributed by atoms with Crippen molar-refractivity contribution in [1.82, 2.24) is 5.32 Å². The van der Waals surface area contributed by atoms with Crippen LogP contribution in [-0.4, -0.2) is 11.4 Å². The zero-order valence-corrected chi connectivity index (χ0v) is 11.9. The average molecular weight is 263 g/mol. The second-order valence-corrected chi connectivity index (χ2v) is 6.50. The van der Waals surface area contributed by atoms with Crippen LogP contribution in [0.25, 0.3) is 0 Å². The molecule has 0 spiro atoms. The smallest absolute Gasteiger partial charge is 0.231 e. The number of halogens is 1. The van der Waals surface area contributed by atoms with Gasteiger partial charge in [0, 0.05) is 5.54 Å². The molecule has 104 valence electrons. The Morgan fingerprint density at radius 1 is 1.16 bits per heavy atom. The van der Waals surface area contributed by atoms with E-state index in [1.807, 2.05) is 20.8 Å². The Labute approximate surface area is 114 Å². The molecule has 1 saturated carbocycles. The van der Waals surface area contributed by atoms with Gasteiger partial charge in [0.05, 0.1) is 5.41 Å². The van der Waals surface area contributed by atoms with Crippen molar-refractivity contribution >= 4 is 5.91 Å². The summed E-state index contributed by atoms with van der Waals surface area (Å²) >= 11 is 0. The zero-order chi connectivity index (χ0) is 14.1. The summed E-state index contributed by atoms with van der Waals surface area (Å²) in [6.07, 6.45) is 3.80. The molecular formula is C16H22FNO. The molecule has 3 heteroatoms. The first kappa shape index (κ1) is 14.0. The predicted molar refractivity (Wildman–Crippen MR) is 74.4 cm³/mol. The Bertz CT molecular complexity index is 453. The highest BCUT2D eigenvalue weighted by atomic mass is 19.1. The normalized spacial score (nSPS) is 18.3. The van der Waals surface area contributed by atoms with Crippen molar-refractivity contribution in [2.45, 2.75) is 57.4 Å². The molecule has 1 aromatic rings. The predicted octanol–water partition coefficient (Wildman–Crippen LogP) is 3.55. The summed E-state index contributed by atoms with van der Waals surface area (Å²) in [4.78, 5) is 12.7. The topological polar surface area (TPSA) is 29.1 Å². The SMILES string of the molecule is CC(C)(C)NC(=O)C1(c2ccc(F)cc2)CCCC1. The summed E-state index contributed by atoms with van der Waals surface area (Å²) in [5.41, 5.74) is 0.224. The van der Waals surface area contributed by atoms with Crippen molar-refractivity contribution in [2.75, 3.05) is 0 Å². The minimum atomic E-state index is -0.471. The van der Waals surface area contributed by atoms with Crippen molar-refractivity contribution in [2.24, 2.45) is 0 Å². The standard InChI is InChI=1S/C16H22FNO/c1-15(2,3)18-14(19)16(10-4-5-11-16)12-6-8-13(17)9-7-12/h6-9H,4-5,10-11H2,1-3H3,(H,18,19). The van der Waals surface area contributed by atoms with Crippen LogP contribution in [0.1, 0.15) is 52.0 Å². The van der Waals surface area contributed by atoms with Crippen LogP contribution >= 0.6 is 0 Å². The second-order valence-electron chi connectivity index (χ2n) is 6.50. The lowest BCUT2D eigenvalue weighted by molar-refractivity contribution is -0.128. The molecule has 0 saturated heterocycles. The largest absolute Gasteiger partial charge is 0.351 e. The van der Waals surface area contributed by atoms with Crippen molar-refractivity contribution in [1.29, 1.82) is 0 Å². The number of carbonyl (C=O) groups excluding carboxylic acids is 1. The molecule has 1 N–H and O–H groups in total. The molecule has 1 aliphatic rings. The van der Waals surface area contributed by atoms with Gasteiger partial charge in [0.15, 0.2) is 0 Å². The lowest BCUT2D eigenvalue weighted by Crippen LogP contribution is -2.50. The molecule has 2 rings (SSSR count). The quantitative estimate of drug-likeness (QED) is 0.868. The van der Waals surface area contributed by atoms with Crippen LogP contribution in [-0.2, 0) is 10.2 Å². The highest BCUT2D eigenvalue weighted by Crippen LogP contribution is 2.41. The summed E-state index contributed by atoms with van der Waals surface area (Å²) in [5.74, 6) is -0.183. The van der Waals surface area contributed by atoms with Gasteiger partial charge >= 0.3 is 0 Å². The third-order valence-electron chi connectivity index (χ3n) is 3.78. The third kappa shape index (κ3) is 2.96.